The van der Waals surface area contributed by atoms with E-state index in [0.717, 1.165) is 83.5 Å². The minimum Gasteiger partial charge on any atom is -0.462 e. The fraction of sp³-hybridized carbons (Fsp3) is 0.727. The Bertz CT molecular complexity index is 1100. The summed E-state index contributed by atoms with van der Waals surface area (Å²) in [5.74, 6) is -0.958. The van der Waals surface area contributed by atoms with Crippen LogP contribution in [0.5, 0.6) is 0 Å². The Morgan fingerprint density at radius 1 is 0.564 bits per heavy atom. The van der Waals surface area contributed by atoms with Gasteiger partial charge in [-0.05, 0) is 77.0 Å². The van der Waals surface area contributed by atoms with Crippen molar-refractivity contribution in [1.82, 2.24) is 0 Å². The van der Waals surface area contributed by atoms with Crippen LogP contribution in [0.2, 0.25) is 0 Å². The zero-order chi connectivity index (χ0) is 40.5. The van der Waals surface area contributed by atoms with Crippen molar-refractivity contribution in [3.8, 4) is 0 Å². The second kappa shape index (κ2) is 39.9. The molecule has 55 heavy (non-hydrogen) atoms. The van der Waals surface area contributed by atoms with Crippen molar-refractivity contribution in [3.05, 3.63) is 60.8 Å². The van der Waals surface area contributed by atoms with Gasteiger partial charge in [0.15, 0.2) is 6.10 Å². The third kappa shape index (κ3) is 39.7. The fourth-order valence-electron chi connectivity index (χ4n) is 5.39. The molecule has 3 N–H and O–H groups in total. The Kier molecular flexibility index (Phi) is 38.2. The maximum absolute atomic E-state index is 12.6. The van der Waals surface area contributed by atoms with Crippen LogP contribution in [0.3, 0.4) is 0 Å². The van der Waals surface area contributed by atoms with Gasteiger partial charge in [-0.1, -0.05) is 139 Å². The number of rotatable bonds is 39. The molecule has 11 heteroatoms. The van der Waals surface area contributed by atoms with Gasteiger partial charge in [-0.2, -0.15) is 0 Å². The summed E-state index contributed by atoms with van der Waals surface area (Å²) in [6, 6.07) is 0. The minimum absolute atomic E-state index is 0.160. The normalized spacial score (nSPS) is 14.5. The molecule has 0 rings (SSSR count). The molecule has 0 fully saturated rings. The quantitative estimate of drug-likeness (QED) is 0.0237. The predicted molar refractivity (Wildman–Crippen MR) is 224 cm³/mol. The Balaban J connectivity index is 4.35. The van der Waals surface area contributed by atoms with Gasteiger partial charge < -0.3 is 24.6 Å². The van der Waals surface area contributed by atoms with Crippen molar-refractivity contribution >= 4 is 19.8 Å². The highest BCUT2D eigenvalue weighted by atomic mass is 31.2. The molecule has 0 amide bonds. The molecule has 0 saturated carbocycles. The number of phosphoric acid groups is 1. The van der Waals surface area contributed by atoms with Crippen molar-refractivity contribution in [1.29, 1.82) is 0 Å². The second-order valence-corrected chi connectivity index (χ2v) is 15.4. The summed E-state index contributed by atoms with van der Waals surface area (Å²) < 4.78 is 32.7. The number of esters is 2. The van der Waals surface area contributed by atoms with Crippen LogP contribution in [-0.4, -0.2) is 65.7 Å². The van der Waals surface area contributed by atoms with E-state index in [1.165, 1.54) is 44.9 Å². The van der Waals surface area contributed by atoms with Crippen LogP contribution in [0.25, 0.3) is 0 Å². The average Bonchev–Trinajstić information content (AvgIpc) is 3.17. The molecule has 3 atom stereocenters. The highest BCUT2D eigenvalue weighted by Gasteiger charge is 2.27. The highest BCUT2D eigenvalue weighted by Crippen LogP contribution is 2.43. The molecule has 0 heterocycles. The zero-order valence-electron chi connectivity index (χ0n) is 34.4. The molecule has 0 aliphatic heterocycles. The Morgan fingerprint density at radius 3 is 1.51 bits per heavy atom. The van der Waals surface area contributed by atoms with E-state index in [4.69, 9.17) is 19.1 Å². The number of unbranched alkanes of at least 4 members (excludes halogenated alkanes) is 15. The number of carbonyl (C=O) groups is 2. The third-order valence-electron chi connectivity index (χ3n) is 8.66. The number of hydrogen-bond donors (Lipinski definition) is 3. The maximum atomic E-state index is 12.6. The number of ether oxygens (including phenoxy) is 2. The van der Waals surface area contributed by atoms with Crippen LogP contribution in [-0.2, 0) is 32.7 Å². The van der Waals surface area contributed by atoms with Crippen molar-refractivity contribution in [3.63, 3.8) is 0 Å². The number of hydrogen-bond acceptors (Lipinski definition) is 9. The minimum atomic E-state index is -4.63. The van der Waals surface area contributed by atoms with Gasteiger partial charge in [0.25, 0.3) is 0 Å². The first kappa shape index (κ1) is 52.7. The van der Waals surface area contributed by atoms with E-state index in [1.54, 1.807) is 0 Å². The predicted octanol–water partition coefficient (Wildman–Crippen LogP) is 11.1. The lowest BCUT2D eigenvalue weighted by molar-refractivity contribution is -0.161. The van der Waals surface area contributed by atoms with Gasteiger partial charge in [0.1, 0.15) is 12.7 Å². The molecule has 318 valence electrons. The molecule has 1 unspecified atom stereocenters. The average molecular weight is 797 g/mol. The Hall–Kier alpha value is -2.33. The Morgan fingerprint density at radius 2 is 1.00 bits per heavy atom. The first-order valence-corrected chi connectivity index (χ1v) is 22.7. The maximum Gasteiger partial charge on any atom is 0.472 e. The van der Waals surface area contributed by atoms with Gasteiger partial charge in [-0.3, -0.25) is 18.6 Å². The number of phosphoric ester groups is 1. The summed E-state index contributed by atoms with van der Waals surface area (Å²) in [5.41, 5.74) is 0. The topological polar surface area (TPSA) is 149 Å². The summed E-state index contributed by atoms with van der Waals surface area (Å²) in [4.78, 5) is 35.0. The van der Waals surface area contributed by atoms with Crippen molar-refractivity contribution in [2.45, 2.75) is 180 Å². The SMILES string of the molecule is CC/C=C\C/C=C\C/C=C\CCCCCCCC(=O)O[C@H](COC(=O)CCCCCCCCC/C=C\C/C=C\CCCCC)COP(=O)(O)OC[C@@H](O)CO. The van der Waals surface area contributed by atoms with E-state index < -0.39 is 51.8 Å². The van der Waals surface area contributed by atoms with Crippen LogP contribution in [0.4, 0.5) is 0 Å². The third-order valence-corrected chi connectivity index (χ3v) is 9.61. The number of aliphatic hydroxyl groups excluding tert-OH is 2. The summed E-state index contributed by atoms with van der Waals surface area (Å²) in [7, 11) is -4.63. The standard InChI is InChI=1S/C44H77O10P/c1-3-5-7-9-11-13-15-17-19-20-22-23-25-27-29-31-33-35-43(47)51-39-42(40-53-55(49,50)52-38-41(46)37-45)54-44(48)36-34-32-30-28-26-24-21-18-16-14-12-10-8-6-4-2/h6,8,11-14,17-19,21,41-42,45-46H,3-5,7,9-10,15-16,20,22-40H2,1-2H3,(H,49,50)/b8-6-,13-11-,14-12-,19-17-,21-18-/t41-,42+/m0/s1. The highest BCUT2D eigenvalue weighted by molar-refractivity contribution is 7.47. The van der Waals surface area contributed by atoms with E-state index in [0.29, 0.717) is 12.8 Å². The van der Waals surface area contributed by atoms with E-state index in [2.05, 4.69) is 79.1 Å². The summed E-state index contributed by atoms with van der Waals surface area (Å²) >= 11 is 0. The van der Waals surface area contributed by atoms with E-state index in [-0.39, 0.29) is 19.4 Å². The lowest BCUT2D eigenvalue weighted by Crippen LogP contribution is -2.29. The summed E-state index contributed by atoms with van der Waals surface area (Å²) in [6.45, 7) is 2.20. The van der Waals surface area contributed by atoms with Crippen LogP contribution in [0.1, 0.15) is 168 Å². The van der Waals surface area contributed by atoms with E-state index in [9.17, 15) is 24.2 Å². The van der Waals surface area contributed by atoms with Gasteiger partial charge in [-0.15, -0.1) is 0 Å². The van der Waals surface area contributed by atoms with E-state index in [1.807, 2.05) is 0 Å². The van der Waals surface area contributed by atoms with Gasteiger partial charge in [0.2, 0.25) is 0 Å². The van der Waals surface area contributed by atoms with Crippen LogP contribution < -0.4 is 0 Å². The lowest BCUT2D eigenvalue weighted by Gasteiger charge is -2.20. The second-order valence-electron chi connectivity index (χ2n) is 14.0. The molecule has 10 nitrogen and oxygen atoms in total. The molecule has 0 saturated heterocycles. The van der Waals surface area contributed by atoms with Crippen LogP contribution >= 0.6 is 7.82 Å². The summed E-state index contributed by atoms with van der Waals surface area (Å²) in [6.07, 6.45) is 43.2. The fourth-order valence-corrected chi connectivity index (χ4v) is 6.18. The number of carbonyl (C=O) groups excluding carboxylic acids is 2. The molecular weight excluding hydrogens is 719 g/mol. The van der Waals surface area contributed by atoms with Crippen molar-refractivity contribution in [2.75, 3.05) is 26.4 Å². The van der Waals surface area contributed by atoms with Crippen LogP contribution in [0, 0.1) is 0 Å². The van der Waals surface area contributed by atoms with Gasteiger partial charge >= 0.3 is 19.8 Å². The molecule has 0 radical (unpaired) electrons. The largest absolute Gasteiger partial charge is 0.472 e. The molecule has 0 aromatic heterocycles. The van der Waals surface area contributed by atoms with Crippen LogP contribution in [0.15, 0.2) is 60.8 Å². The molecule has 0 aliphatic rings. The molecule has 0 bridgehead atoms. The summed E-state index contributed by atoms with van der Waals surface area (Å²) in [5, 5.41) is 18.3. The van der Waals surface area contributed by atoms with Gasteiger partial charge in [0, 0.05) is 12.8 Å². The monoisotopic (exact) mass is 797 g/mol. The molecule has 0 spiro atoms. The molecule has 0 aromatic carbocycles. The van der Waals surface area contributed by atoms with Gasteiger partial charge in [-0.25, -0.2) is 4.57 Å². The molecule has 0 aromatic rings. The smallest absolute Gasteiger partial charge is 0.462 e. The molecule has 0 aliphatic carbocycles. The van der Waals surface area contributed by atoms with Crippen molar-refractivity contribution < 1.29 is 47.8 Å². The first-order chi connectivity index (χ1) is 26.7. The first-order valence-electron chi connectivity index (χ1n) is 21.2. The van der Waals surface area contributed by atoms with Crippen molar-refractivity contribution in [2.24, 2.45) is 0 Å². The number of allylic oxidation sites excluding steroid dienone is 10. The number of aliphatic hydroxyl groups is 2. The zero-order valence-corrected chi connectivity index (χ0v) is 35.3. The molecular formula is C44H77O10P. The van der Waals surface area contributed by atoms with E-state index >= 15 is 0 Å². The van der Waals surface area contributed by atoms with Gasteiger partial charge in [0.05, 0.1) is 19.8 Å². The Labute approximate surface area is 334 Å². The lowest BCUT2D eigenvalue weighted by atomic mass is 10.1.